The van der Waals surface area contributed by atoms with Gasteiger partial charge in [0.25, 0.3) is 0 Å². The van der Waals surface area contributed by atoms with Gasteiger partial charge in [-0.3, -0.25) is 0 Å². The van der Waals surface area contributed by atoms with Crippen LogP contribution in [0.5, 0.6) is 0 Å². The normalized spacial score (nSPS) is 18.7. The van der Waals surface area contributed by atoms with Crippen LogP contribution in [-0.2, 0) is 0 Å². The van der Waals surface area contributed by atoms with Crippen LogP contribution in [0.2, 0.25) is 0 Å². The fourth-order valence-electron chi connectivity index (χ4n) is 4.33. The van der Waals surface area contributed by atoms with E-state index in [1.807, 2.05) is 17.5 Å². The van der Waals surface area contributed by atoms with Gasteiger partial charge in [0.15, 0.2) is 0 Å². The third-order valence-electron chi connectivity index (χ3n) is 6.12. The molecule has 1 heterocycles. The molecule has 3 heteroatoms. The van der Waals surface area contributed by atoms with Crippen LogP contribution in [0.15, 0.2) is 42.7 Å². The first-order valence-corrected chi connectivity index (χ1v) is 10.3. The second-order valence-corrected chi connectivity index (χ2v) is 8.54. The lowest BCUT2D eigenvalue weighted by molar-refractivity contribution is 0.413. The molecule has 0 saturated heterocycles. The summed E-state index contributed by atoms with van der Waals surface area (Å²) in [4.78, 5) is 0. The van der Waals surface area contributed by atoms with Gasteiger partial charge in [-0.1, -0.05) is 31.0 Å². The van der Waals surface area contributed by atoms with Crippen LogP contribution in [0, 0.1) is 0 Å². The van der Waals surface area contributed by atoms with E-state index < -0.39 is 0 Å². The summed E-state index contributed by atoms with van der Waals surface area (Å²) in [5, 5.41) is 6.45. The highest BCUT2D eigenvalue weighted by Crippen LogP contribution is 2.52. The first-order chi connectivity index (χ1) is 12.4. The van der Waals surface area contributed by atoms with Gasteiger partial charge in [-0.2, -0.15) is 0 Å². The second kappa shape index (κ2) is 6.06. The summed E-state index contributed by atoms with van der Waals surface area (Å²) >= 11 is 1.96. The zero-order valence-electron chi connectivity index (χ0n) is 14.4. The first-order valence-electron chi connectivity index (χ1n) is 9.48. The Hall–Kier alpha value is -2.00. The fraction of sp³-hybridized carbons (Fsp3) is 0.364. The van der Waals surface area contributed by atoms with Crippen molar-refractivity contribution < 1.29 is 0 Å². The molecule has 0 atom stereocenters. The van der Waals surface area contributed by atoms with Crippen molar-refractivity contribution in [1.29, 1.82) is 0 Å². The van der Waals surface area contributed by atoms with E-state index >= 15 is 0 Å². The third kappa shape index (κ3) is 2.36. The van der Waals surface area contributed by atoms with E-state index in [0.717, 1.165) is 0 Å². The van der Waals surface area contributed by atoms with E-state index in [0.29, 0.717) is 11.8 Å². The van der Waals surface area contributed by atoms with E-state index in [4.69, 9.17) is 5.73 Å². The summed E-state index contributed by atoms with van der Waals surface area (Å²) < 4.78 is 2.89. The number of thiophene rings is 1. The topological polar surface area (TPSA) is 38.0 Å². The molecule has 3 N–H and O–H groups in total. The summed E-state index contributed by atoms with van der Waals surface area (Å²) in [6.07, 6.45) is 11.5. The van der Waals surface area contributed by atoms with Crippen molar-refractivity contribution in [3.05, 3.63) is 53.9 Å². The van der Waals surface area contributed by atoms with E-state index in [1.165, 1.54) is 69.9 Å². The standard InChI is InChI=1S/C22H24N2S/c23-11-12-24-21-17(14-5-3-6-14)13-18-16-9-1-2-10-19(16)25-22(18)20(21)15-7-4-8-15/h1-2,9-15,24H,3-8,23H2/b12-11-. The van der Waals surface area contributed by atoms with Crippen molar-refractivity contribution >= 4 is 37.2 Å². The lowest BCUT2D eigenvalue weighted by Gasteiger charge is -2.33. The molecule has 2 fully saturated rings. The van der Waals surface area contributed by atoms with Gasteiger partial charge in [0.2, 0.25) is 0 Å². The van der Waals surface area contributed by atoms with Gasteiger partial charge in [0, 0.05) is 38.3 Å². The number of nitrogens with one attached hydrogen (secondary N) is 1. The number of hydrogen-bond donors (Lipinski definition) is 2. The molecule has 2 aliphatic rings. The zero-order chi connectivity index (χ0) is 16.8. The summed E-state index contributed by atoms with van der Waals surface area (Å²) in [6, 6.07) is 11.4. The quantitative estimate of drug-likeness (QED) is 0.570. The molecule has 2 aliphatic carbocycles. The molecule has 0 unspecified atom stereocenters. The largest absolute Gasteiger partial charge is 0.403 e. The van der Waals surface area contributed by atoms with Gasteiger partial charge in [-0.25, -0.2) is 0 Å². The summed E-state index contributed by atoms with van der Waals surface area (Å²) in [6.45, 7) is 0. The lowest BCUT2D eigenvalue weighted by atomic mass is 9.74. The Morgan fingerprint density at radius 1 is 1.00 bits per heavy atom. The van der Waals surface area contributed by atoms with Crippen molar-refractivity contribution in [2.24, 2.45) is 5.73 Å². The van der Waals surface area contributed by atoms with Crippen LogP contribution in [-0.4, -0.2) is 0 Å². The van der Waals surface area contributed by atoms with Crippen LogP contribution in [0.1, 0.15) is 61.5 Å². The molecular formula is C22H24N2S. The number of benzene rings is 2. The smallest absolute Gasteiger partial charge is 0.0465 e. The average Bonchev–Trinajstić information content (AvgIpc) is 2.89. The molecule has 2 nitrogen and oxygen atoms in total. The van der Waals surface area contributed by atoms with Gasteiger partial charge in [0.1, 0.15) is 0 Å². The Labute approximate surface area is 152 Å². The number of fused-ring (bicyclic) bond motifs is 3. The van der Waals surface area contributed by atoms with E-state index in [2.05, 4.69) is 35.6 Å². The third-order valence-corrected chi connectivity index (χ3v) is 7.34. The molecule has 1 aromatic heterocycles. The fourth-order valence-corrected chi connectivity index (χ4v) is 5.64. The van der Waals surface area contributed by atoms with E-state index in [-0.39, 0.29) is 0 Å². The zero-order valence-corrected chi connectivity index (χ0v) is 15.2. The monoisotopic (exact) mass is 348 g/mol. The van der Waals surface area contributed by atoms with Crippen LogP contribution in [0.4, 0.5) is 5.69 Å². The molecule has 2 aromatic carbocycles. The van der Waals surface area contributed by atoms with Crippen molar-refractivity contribution in [2.75, 3.05) is 5.32 Å². The minimum Gasteiger partial charge on any atom is -0.403 e. The molecule has 0 aliphatic heterocycles. The Morgan fingerprint density at radius 2 is 1.76 bits per heavy atom. The molecule has 2 saturated carbocycles. The maximum absolute atomic E-state index is 5.66. The first kappa shape index (κ1) is 15.3. The lowest BCUT2D eigenvalue weighted by Crippen LogP contribution is -2.16. The molecule has 0 bridgehead atoms. The van der Waals surface area contributed by atoms with Gasteiger partial charge >= 0.3 is 0 Å². The summed E-state index contributed by atoms with van der Waals surface area (Å²) in [7, 11) is 0. The van der Waals surface area contributed by atoms with E-state index in [1.54, 1.807) is 11.8 Å². The Balaban J connectivity index is 1.83. The number of rotatable bonds is 4. The SMILES string of the molecule is N/C=C\Nc1c(C2CCC2)cc2c(sc3ccccc32)c1C1CCC1. The molecule has 0 amide bonds. The van der Waals surface area contributed by atoms with Crippen molar-refractivity contribution in [2.45, 2.75) is 50.4 Å². The maximum Gasteiger partial charge on any atom is 0.0465 e. The van der Waals surface area contributed by atoms with Crippen molar-refractivity contribution in [3.63, 3.8) is 0 Å². The number of nitrogens with two attached hydrogens (primary N) is 1. The van der Waals surface area contributed by atoms with Gasteiger partial charge in [-0.05, 0) is 60.8 Å². The second-order valence-electron chi connectivity index (χ2n) is 7.49. The Morgan fingerprint density at radius 3 is 2.44 bits per heavy atom. The molecule has 3 aromatic rings. The van der Waals surface area contributed by atoms with Gasteiger partial charge in [-0.15, -0.1) is 11.3 Å². The summed E-state index contributed by atoms with van der Waals surface area (Å²) in [5.74, 6) is 1.40. The Bertz CT molecular complexity index is 961. The van der Waals surface area contributed by atoms with Gasteiger partial charge < -0.3 is 11.1 Å². The minimum absolute atomic E-state index is 0.698. The number of anilines is 1. The molecule has 128 valence electrons. The Kier molecular flexibility index (Phi) is 3.70. The van der Waals surface area contributed by atoms with Crippen LogP contribution < -0.4 is 11.1 Å². The van der Waals surface area contributed by atoms with Gasteiger partial charge in [0.05, 0.1) is 0 Å². The minimum atomic E-state index is 0.698. The van der Waals surface area contributed by atoms with Crippen LogP contribution in [0.25, 0.3) is 20.2 Å². The highest BCUT2D eigenvalue weighted by molar-refractivity contribution is 7.26. The number of hydrogen-bond acceptors (Lipinski definition) is 3. The average molecular weight is 349 g/mol. The van der Waals surface area contributed by atoms with Crippen LogP contribution >= 0.6 is 11.3 Å². The molecule has 25 heavy (non-hydrogen) atoms. The molecule has 0 radical (unpaired) electrons. The maximum atomic E-state index is 5.66. The molecule has 5 rings (SSSR count). The van der Waals surface area contributed by atoms with Crippen molar-refractivity contribution in [1.82, 2.24) is 0 Å². The summed E-state index contributed by atoms with van der Waals surface area (Å²) in [5.41, 5.74) is 10.1. The van der Waals surface area contributed by atoms with Crippen molar-refractivity contribution in [3.8, 4) is 0 Å². The highest BCUT2D eigenvalue weighted by atomic mass is 32.1. The van der Waals surface area contributed by atoms with Crippen LogP contribution in [0.3, 0.4) is 0 Å². The molecule has 0 spiro atoms. The predicted molar refractivity (Wildman–Crippen MR) is 109 cm³/mol. The highest BCUT2D eigenvalue weighted by Gasteiger charge is 2.31. The molecular weight excluding hydrogens is 324 g/mol. The van der Waals surface area contributed by atoms with E-state index in [9.17, 15) is 0 Å². The predicted octanol–water partition coefficient (Wildman–Crippen LogP) is 6.43.